The zero-order valence-corrected chi connectivity index (χ0v) is 12.5. The molecule has 22 heavy (non-hydrogen) atoms. The van der Waals surface area contributed by atoms with E-state index in [-0.39, 0.29) is 0 Å². The topological polar surface area (TPSA) is 68.8 Å². The smallest absolute Gasteiger partial charge is 0.496 e. The van der Waals surface area contributed by atoms with Crippen LogP contribution in [0.25, 0.3) is 0 Å². The Morgan fingerprint density at radius 3 is 2.55 bits per heavy atom. The van der Waals surface area contributed by atoms with Gasteiger partial charge in [-0.1, -0.05) is 18.2 Å². The number of methoxy groups -OCH3 is 2. The third-order valence-corrected chi connectivity index (χ3v) is 2.91. The lowest BCUT2D eigenvalue weighted by Crippen LogP contribution is -2.21. The number of carbonyl (C=O) groups excluding carboxylic acids is 1. The van der Waals surface area contributed by atoms with Crippen molar-refractivity contribution in [3.63, 3.8) is 0 Å². The van der Waals surface area contributed by atoms with E-state index >= 15 is 0 Å². The van der Waals surface area contributed by atoms with Gasteiger partial charge in [0.1, 0.15) is 11.5 Å². The van der Waals surface area contributed by atoms with Gasteiger partial charge in [0.05, 0.1) is 14.2 Å². The molecule has 0 heterocycles. The summed E-state index contributed by atoms with van der Waals surface area (Å²) < 4.78 is 14.8. The molecule has 6 nitrogen and oxygen atoms in total. The molecule has 0 aliphatic carbocycles. The molecule has 2 aromatic rings. The minimum atomic E-state index is -0.758. The average Bonchev–Trinajstić information content (AvgIpc) is 2.56. The van der Waals surface area contributed by atoms with Gasteiger partial charge >= 0.3 is 6.16 Å². The van der Waals surface area contributed by atoms with Gasteiger partial charge in [0.2, 0.25) is 0 Å². The number of hydrogen-bond acceptors (Lipinski definition) is 6. The van der Waals surface area contributed by atoms with Crippen molar-refractivity contribution in [1.82, 2.24) is 5.43 Å². The second-order valence-corrected chi connectivity index (χ2v) is 4.37. The van der Waals surface area contributed by atoms with Crippen LogP contribution in [-0.2, 0) is 11.3 Å². The fraction of sp³-hybridized carbons (Fsp3) is 0.188. The third kappa shape index (κ3) is 4.39. The molecule has 0 fully saturated rings. The first-order valence-electron chi connectivity index (χ1n) is 6.69. The molecule has 0 saturated heterocycles. The van der Waals surface area contributed by atoms with E-state index in [0.717, 1.165) is 11.3 Å². The molecule has 2 aromatic carbocycles. The van der Waals surface area contributed by atoms with Gasteiger partial charge in [0, 0.05) is 17.8 Å². The highest BCUT2D eigenvalue weighted by molar-refractivity contribution is 5.64. The van der Waals surface area contributed by atoms with E-state index < -0.39 is 6.16 Å². The maximum Gasteiger partial charge on any atom is 0.513 e. The van der Waals surface area contributed by atoms with Gasteiger partial charge in [-0.15, -0.1) is 0 Å². The van der Waals surface area contributed by atoms with Crippen molar-refractivity contribution in [2.24, 2.45) is 0 Å². The summed E-state index contributed by atoms with van der Waals surface area (Å²) in [5.41, 5.74) is 7.95. The summed E-state index contributed by atoms with van der Waals surface area (Å²) in [5, 5.41) is 0. The Kier molecular flexibility index (Phi) is 5.62. The van der Waals surface area contributed by atoms with Crippen molar-refractivity contribution in [1.29, 1.82) is 0 Å². The monoisotopic (exact) mass is 302 g/mol. The van der Waals surface area contributed by atoms with Crippen molar-refractivity contribution < 1.29 is 19.0 Å². The molecule has 0 amide bonds. The molecule has 0 unspecified atom stereocenters. The largest absolute Gasteiger partial charge is 0.513 e. The highest BCUT2D eigenvalue weighted by Crippen LogP contribution is 2.24. The van der Waals surface area contributed by atoms with Crippen LogP contribution in [0.2, 0.25) is 0 Å². The van der Waals surface area contributed by atoms with Gasteiger partial charge < -0.3 is 19.6 Å². The van der Waals surface area contributed by atoms with Crippen LogP contribution in [0.4, 0.5) is 10.5 Å². The number of rotatable bonds is 6. The van der Waals surface area contributed by atoms with Gasteiger partial charge in [-0.05, 0) is 30.3 Å². The van der Waals surface area contributed by atoms with Crippen LogP contribution in [0.5, 0.6) is 11.5 Å². The standard InChI is InChI=1S/C16H18N2O4/c1-20-15-9-8-14(22-16(19)21-2)10-12(15)11-17-18-13-6-4-3-5-7-13/h3-10,17-18H,11H2,1-2H3. The molecule has 2 N–H and O–H groups in total. The Morgan fingerprint density at radius 2 is 1.86 bits per heavy atom. The zero-order valence-electron chi connectivity index (χ0n) is 12.5. The van der Waals surface area contributed by atoms with Crippen molar-refractivity contribution in [2.45, 2.75) is 6.54 Å². The van der Waals surface area contributed by atoms with Crippen LogP contribution in [0.3, 0.4) is 0 Å². The molecule has 6 heteroatoms. The lowest BCUT2D eigenvalue weighted by atomic mass is 10.2. The minimum absolute atomic E-state index is 0.393. The lowest BCUT2D eigenvalue weighted by Gasteiger charge is -2.13. The summed E-state index contributed by atoms with van der Waals surface area (Å²) in [7, 11) is 2.85. The third-order valence-electron chi connectivity index (χ3n) is 2.91. The number of hydrazine groups is 1. The van der Waals surface area contributed by atoms with E-state index in [1.54, 1.807) is 25.3 Å². The van der Waals surface area contributed by atoms with Crippen LogP contribution in [-0.4, -0.2) is 20.4 Å². The Bertz CT molecular complexity index is 617. The van der Waals surface area contributed by atoms with Gasteiger partial charge in [-0.25, -0.2) is 10.2 Å². The van der Waals surface area contributed by atoms with Crippen molar-refractivity contribution in [3.05, 3.63) is 54.1 Å². The Hall–Kier alpha value is -2.73. The first-order chi connectivity index (χ1) is 10.7. The Labute approximate surface area is 129 Å². The van der Waals surface area contributed by atoms with E-state index in [9.17, 15) is 4.79 Å². The number of para-hydroxylation sites is 1. The molecule has 0 bridgehead atoms. The first-order valence-corrected chi connectivity index (χ1v) is 6.69. The van der Waals surface area contributed by atoms with Gasteiger partial charge in [-0.2, -0.15) is 0 Å². The normalized spacial score (nSPS) is 9.91. The number of nitrogens with one attached hydrogen (secondary N) is 2. The zero-order chi connectivity index (χ0) is 15.8. The molecule has 0 radical (unpaired) electrons. The molecule has 0 spiro atoms. The van der Waals surface area contributed by atoms with E-state index in [1.165, 1.54) is 7.11 Å². The summed E-state index contributed by atoms with van der Waals surface area (Å²) in [6, 6.07) is 14.8. The van der Waals surface area contributed by atoms with E-state index in [2.05, 4.69) is 15.6 Å². The van der Waals surface area contributed by atoms with Crippen LogP contribution >= 0.6 is 0 Å². The number of anilines is 1. The highest BCUT2D eigenvalue weighted by atomic mass is 16.7. The summed E-state index contributed by atoms with van der Waals surface area (Å²) in [6.45, 7) is 0.483. The number of hydrogen-bond donors (Lipinski definition) is 2. The minimum Gasteiger partial charge on any atom is -0.496 e. The second-order valence-electron chi connectivity index (χ2n) is 4.37. The molecular weight excluding hydrogens is 284 g/mol. The molecule has 2 rings (SSSR count). The van der Waals surface area contributed by atoms with Crippen molar-refractivity contribution in [2.75, 3.05) is 19.6 Å². The maximum absolute atomic E-state index is 11.1. The van der Waals surface area contributed by atoms with Gasteiger partial charge in [-0.3, -0.25) is 0 Å². The van der Waals surface area contributed by atoms with Crippen molar-refractivity contribution >= 4 is 11.8 Å². The second kappa shape index (κ2) is 7.90. The number of carbonyl (C=O) groups is 1. The molecule has 0 aromatic heterocycles. The molecule has 0 aliphatic rings. The van der Waals surface area contributed by atoms with Crippen LogP contribution in [0.15, 0.2) is 48.5 Å². The number of ether oxygens (including phenoxy) is 3. The summed E-state index contributed by atoms with van der Waals surface area (Å²) in [5.74, 6) is 1.09. The van der Waals surface area contributed by atoms with Crippen LogP contribution < -0.4 is 20.3 Å². The quantitative estimate of drug-likeness (QED) is 0.486. The highest BCUT2D eigenvalue weighted by Gasteiger charge is 2.08. The predicted molar refractivity (Wildman–Crippen MR) is 82.9 cm³/mol. The van der Waals surface area contributed by atoms with Crippen LogP contribution in [0, 0.1) is 0 Å². The molecule has 0 aliphatic heterocycles. The molecule has 116 valence electrons. The SMILES string of the molecule is COC(=O)Oc1ccc(OC)c(CNNc2ccccc2)c1. The fourth-order valence-electron chi connectivity index (χ4n) is 1.86. The fourth-order valence-corrected chi connectivity index (χ4v) is 1.86. The first kappa shape index (κ1) is 15.7. The molecular formula is C16H18N2O4. The summed E-state index contributed by atoms with van der Waals surface area (Å²) in [6.07, 6.45) is -0.758. The Balaban J connectivity index is 2.01. The summed E-state index contributed by atoms with van der Waals surface area (Å²) in [4.78, 5) is 11.1. The predicted octanol–water partition coefficient (Wildman–Crippen LogP) is 2.96. The molecule has 0 saturated carbocycles. The van der Waals surface area contributed by atoms with Gasteiger partial charge in [0.15, 0.2) is 0 Å². The van der Waals surface area contributed by atoms with E-state index in [0.29, 0.717) is 18.0 Å². The average molecular weight is 302 g/mol. The lowest BCUT2D eigenvalue weighted by molar-refractivity contribution is 0.121. The van der Waals surface area contributed by atoms with E-state index in [1.807, 2.05) is 30.3 Å². The van der Waals surface area contributed by atoms with Gasteiger partial charge in [0.25, 0.3) is 0 Å². The van der Waals surface area contributed by atoms with E-state index in [4.69, 9.17) is 9.47 Å². The molecule has 0 atom stereocenters. The summed E-state index contributed by atoms with van der Waals surface area (Å²) >= 11 is 0. The maximum atomic E-state index is 11.1. The van der Waals surface area contributed by atoms with Crippen LogP contribution in [0.1, 0.15) is 5.56 Å². The Morgan fingerprint density at radius 1 is 1.09 bits per heavy atom. The number of benzene rings is 2. The van der Waals surface area contributed by atoms with Crippen molar-refractivity contribution in [3.8, 4) is 11.5 Å².